The molecule has 0 unspecified atom stereocenters. The predicted octanol–water partition coefficient (Wildman–Crippen LogP) is 2.83. The summed E-state index contributed by atoms with van der Waals surface area (Å²) in [6.45, 7) is 0. The Kier molecular flexibility index (Phi) is 6.37. The summed E-state index contributed by atoms with van der Waals surface area (Å²) in [4.78, 5) is 0. The van der Waals surface area contributed by atoms with E-state index in [4.69, 9.17) is 4.74 Å². The highest BCUT2D eigenvalue weighted by atomic mass is 16.5. The van der Waals surface area contributed by atoms with Gasteiger partial charge in [0.15, 0.2) is 0 Å². The smallest absolute Gasteiger partial charge is 0.0833 e. The normalized spacial score (nSPS) is 33.7. The minimum Gasteiger partial charge on any atom is -0.390 e. The number of hydrogen-bond acceptors (Lipinski definition) is 2. The zero-order valence-electron chi connectivity index (χ0n) is 9.56. The molecule has 0 aromatic carbocycles. The second-order valence-electron chi connectivity index (χ2n) is 4.02. The van der Waals surface area contributed by atoms with Crippen molar-refractivity contribution in [2.45, 2.75) is 50.7 Å². The van der Waals surface area contributed by atoms with E-state index in [1.54, 1.807) is 7.11 Å². The molecule has 15 heavy (non-hydrogen) atoms. The van der Waals surface area contributed by atoms with Gasteiger partial charge in [-0.25, -0.2) is 0 Å². The second kappa shape index (κ2) is 7.66. The molecule has 1 N–H and O–H groups in total. The predicted molar refractivity (Wildman–Crippen MR) is 62.8 cm³/mol. The molecule has 0 heterocycles. The van der Waals surface area contributed by atoms with Gasteiger partial charge in [0.25, 0.3) is 0 Å². The van der Waals surface area contributed by atoms with E-state index in [-0.39, 0.29) is 12.2 Å². The quantitative estimate of drug-likeness (QED) is 0.674. The molecular formula is C13H22O2. The lowest BCUT2D eigenvalue weighted by molar-refractivity contribution is -0.0187. The van der Waals surface area contributed by atoms with Crippen molar-refractivity contribution < 1.29 is 9.84 Å². The van der Waals surface area contributed by atoms with Crippen molar-refractivity contribution in [2.75, 3.05) is 7.11 Å². The minimum absolute atomic E-state index is 0.0116. The van der Waals surface area contributed by atoms with Crippen LogP contribution in [0.2, 0.25) is 0 Å². The highest BCUT2D eigenvalue weighted by Gasteiger charge is 2.16. The number of hydrogen-bond donors (Lipinski definition) is 1. The first-order chi connectivity index (χ1) is 7.34. The highest BCUT2D eigenvalue weighted by molar-refractivity contribution is 4.90. The Hall–Kier alpha value is -0.600. The van der Waals surface area contributed by atoms with Crippen molar-refractivity contribution in [1.29, 1.82) is 0 Å². The van der Waals surface area contributed by atoms with E-state index < -0.39 is 0 Å². The van der Waals surface area contributed by atoms with E-state index in [0.717, 1.165) is 38.5 Å². The average Bonchev–Trinajstić information content (AvgIpc) is 2.23. The third-order valence-corrected chi connectivity index (χ3v) is 2.81. The summed E-state index contributed by atoms with van der Waals surface area (Å²) in [6, 6.07) is 0. The lowest BCUT2D eigenvalue weighted by Gasteiger charge is -2.20. The molecule has 2 nitrogen and oxygen atoms in total. The fraction of sp³-hybridized carbons (Fsp3) is 0.692. The third-order valence-electron chi connectivity index (χ3n) is 2.81. The largest absolute Gasteiger partial charge is 0.390 e. The van der Waals surface area contributed by atoms with E-state index in [2.05, 4.69) is 24.3 Å². The number of aliphatic hydroxyl groups is 1. The number of rotatable bonds is 1. The van der Waals surface area contributed by atoms with Crippen molar-refractivity contribution >= 4 is 0 Å². The van der Waals surface area contributed by atoms with Crippen LogP contribution >= 0.6 is 0 Å². The van der Waals surface area contributed by atoms with Gasteiger partial charge in [-0.3, -0.25) is 0 Å². The van der Waals surface area contributed by atoms with E-state index in [0.29, 0.717) is 0 Å². The molecule has 0 spiro atoms. The monoisotopic (exact) mass is 210 g/mol. The van der Waals surface area contributed by atoms with Crippen LogP contribution in [-0.4, -0.2) is 24.4 Å². The van der Waals surface area contributed by atoms with Gasteiger partial charge in [0.05, 0.1) is 12.2 Å². The van der Waals surface area contributed by atoms with Gasteiger partial charge in [-0.2, -0.15) is 0 Å². The van der Waals surface area contributed by atoms with E-state index in [9.17, 15) is 5.11 Å². The Bertz CT molecular complexity index is 209. The fourth-order valence-electron chi connectivity index (χ4n) is 1.84. The molecule has 0 fully saturated rings. The van der Waals surface area contributed by atoms with Crippen molar-refractivity contribution in [2.24, 2.45) is 0 Å². The lowest BCUT2D eigenvalue weighted by atomic mass is 10.0. The van der Waals surface area contributed by atoms with E-state index >= 15 is 0 Å². The first-order valence-electron chi connectivity index (χ1n) is 5.85. The second-order valence-corrected chi connectivity index (χ2v) is 4.02. The van der Waals surface area contributed by atoms with Crippen LogP contribution in [0.25, 0.3) is 0 Å². The molecule has 0 aromatic rings. The van der Waals surface area contributed by atoms with Crippen molar-refractivity contribution in [3.05, 3.63) is 24.3 Å². The standard InChI is InChI=1S/C13H22O2/c1-15-13-11-9-7-5-3-2-4-6-8-10-12(13)14/h4-7,12-14H,2-3,8-11H2,1H3/b6-4+,7-5+/t12-,13+/m1/s1. The van der Waals surface area contributed by atoms with Gasteiger partial charge in [-0.1, -0.05) is 24.3 Å². The van der Waals surface area contributed by atoms with Gasteiger partial charge in [0, 0.05) is 7.11 Å². The summed E-state index contributed by atoms with van der Waals surface area (Å²) < 4.78 is 5.30. The van der Waals surface area contributed by atoms with Gasteiger partial charge in [0.1, 0.15) is 0 Å². The molecule has 86 valence electrons. The SMILES string of the molecule is CO[C@H]1CC/C=C/CC/C=C/CC[C@H]1O. The molecule has 0 saturated heterocycles. The zero-order chi connectivity index (χ0) is 10.9. The van der Waals surface area contributed by atoms with Crippen LogP contribution in [-0.2, 0) is 4.74 Å². The number of ether oxygens (including phenoxy) is 1. The Balaban J connectivity index is 2.46. The van der Waals surface area contributed by atoms with Crippen LogP contribution in [0.15, 0.2) is 24.3 Å². The van der Waals surface area contributed by atoms with Crippen LogP contribution in [0, 0.1) is 0 Å². The molecule has 0 aliphatic heterocycles. The Labute approximate surface area is 92.6 Å². The van der Waals surface area contributed by atoms with Gasteiger partial charge in [0.2, 0.25) is 0 Å². The van der Waals surface area contributed by atoms with Gasteiger partial charge in [-0.05, 0) is 38.5 Å². The maximum atomic E-state index is 9.87. The molecule has 2 heteroatoms. The Morgan fingerprint density at radius 3 is 2.07 bits per heavy atom. The summed E-state index contributed by atoms with van der Waals surface area (Å²) in [5.41, 5.74) is 0. The van der Waals surface area contributed by atoms with Crippen LogP contribution < -0.4 is 0 Å². The molecule has 1 aliphatic rings. The molecule has 0 radical (unpaired) electrons. The summed E-state index contributed by atoms with van der Waals surface area (Å²) in [6.07, 6.45) is 14.3. The minimum atomic E-state index is -0.326. The summed E-state index contributed by atoms with van der Waals surface area (Å²) in [5, 5.41) is 9.87. The Morgan fingerprint density at radius 2 is 1.47 bits per heavy atom. The van der Waals surface area contributed by atoms with Crippen LogP contribution in [0.5, 0.6) is 0 Å². The average molecular weight is 210 g/mol. The van der Waals surface area contributed by atoms with Gasteiger partial charge >= 0.3 is 0 Å². The highest BCUT2D eigenvalue weighted by Crippen LogP contribution is 2.13. The molecule has 2 atom stereocenters. The first-order valence-corrected chi connectivity index (χ1v) is 5.85. The van der Waals surface area contributed by atoms with Gasteiger partial charge in [-0.15, -0.1) is 0 Å². The van der Waals surface area contributed by atoms with Crippen molar-refractivity contribution in [1.82, 2.24) is 0 Å². The molecule has 1 aliphatic carbocycles. The maximum absolute atomic E-state index is 9.87. The fourth-order valence-corrected chi connectivity index (χ4v) is 1.84. The molecule has 1 rings (SSSR count). The Morgan fingerprint density at radius 1 is 0.933 bits per heavy atom. The zero-order valence-corrected chi connectivity index (χ0v) is 9.56. The number of aliphatic hydroxyl groups excluding tert-OH is 1. The van der Waals surface area contributed by atoms with Crippen molar-refractivity contribution in [3.8, 4) is 0 Å². The topological polar surface area (TPSA) is 29.5 Å². The lowest BCUT2D eigenvalue weighted by Crippen LogP contribution is -2.27. The summed E-state index contributed by atoms with van der Waals surface area (Å²) in [7, 11) is 1.68. The van der Waals surface area contributed by atoms with E-state index in [1.165, 1.54) is 0 Å². The number of methoxy groups -OCH3 is 1. The molecule has 0 bridgehead atoms. The van der Waals surface area contributed by atoms with Crippen LogP contribution in [0.3, 0.4) is 0 Å². The molecule has 0 aromatic heterocycles. The molecular weight excluding hydrogens is 188 g/mol. The third kappa shape index (κ3) is 5.14. The first kappa shape index (κ1) is 12.5. The van der Waals surface area contributed by atoms with Crippen molar-refractivity contribution in [3.63, 3.8) is 0 Å². The number of allylic oxidation sites excluding steroid dienone is 4. The van der Waals surface area contributed by atoms with E-state index in [1.807, 2.05) is 0 Å². The molecule has 0 amide bonds. The summed E-state index contributed by atoms with van der Waals surface area (Å²) in [5.74, 6) is 0. The van der Waals surface area contributed by atoms with Crippen LogP contribution in [0.4, 0.5) is 0 Å². The van der Waals surface area contributed by atoms with Crippen LogP contribution in [0.1, 0.15) is 38.5 Å². The summed E-state index contributed by atoms with van der Waals surface area (Å²) >= 11 is 0. The van der Waals surface area contributed by atoms with Gasteiger partial charge < -0.3 is 9.84 Å². The molecule has 0 saturated carbocycles. The maximum Gasteiger partial charge on any atom is 0.0833 e.